The third kappa shape index (κ3) is 2.71. The Morgan fingerprint density at radius 1 is 1.32 bits per heavy atom. The van der Waals surface area contributed by atoms with Crippen molar-refractivity contribution in [2.75, 3.05) is 0 Å². The van der Waals surface area contributed by atoms with Gasteiger partial charge >= 0.3 is 0 Å². The molecule has 0 aromatic carbocycles. The summed E-state index contributed by atoms with van der Waals surface area (Å²) in [7, 11) is 0. The maximum absolute atomic E-state index is 12.3. The molecule has 0 bridgehead atoms. The van der Waals surface area contributed by atoms with Gasteiger partial charge in [-0.25, -0.2) is 10.4 Å². The first-order chi connectivity index (χ1) is 10.6. The normalized spacial score (nSPS) is 11.2. The van der Waals surface area contributed by atoms with Gasteiger partial charge in [-0.1, -0.05) is 6.07 Å². The van der Waals surface area contributed by atoms with Gasteiger partial charge in [0.25, 0.3) is 5.91 Å². The van der Waals surface area contributed by atoms with Gasteiger partial charge in [0.2, 0.25) is 0 Å². The number of hydrazone groups is 1. The van der Waals surface area contributed by atoms with Crippen molar-refractivity contribution in [1.82, 2.24) is 19.8 Å². The van der Waals surface area contributed by atoms with E-state index in [1.807, 2.05) is 37.4 Å². The average Bonchev–Trinajstić information content (AvgIpc) is 2.83. The number of nitrogens with zero attached hydrogens (tertiary/aromatic N) is 4. The number of rotatable bonds is 3. The first-order valence-electron chi connectivity index (χ1n) is 6.85. The molecule has 0 unspecified atom stereocenters. The zero-order valence-electron chi connectivity index (χ0n) is 12.3. The van der Waals surface area contributed by atoms with Gasteiger partial charge < -0.3 is 0 Å². The first-order valence-corrected chi connectivity index (χ1v) is 6.85. The molecule has 6 heteroatoms. The maximum Gasteiger partial charge on any atom is 0.290 e. The summed E-state index contributed by atoms with van der Waals surface area (Å²) >= 11 is 0. The molecule has 1 amide bonds. The fourth-order valence-corrected chi connectivity index (χ4v) is 2.20. The van der Waals surface area contributed by atoms with E-state index >= 15 is 0 Å². The Labute approximate surface area is 127 Å². The Kier molecular flexibility index (Phi) is 3.65. The smallest absolute Gasteiger partial charge is 0.290 e. The standard InChI is InChI=1S/C16H15N5O/c1-11-6-8-21-14(9-11)19-12(2)15(21)16(22)20-18-10-13-5-3-4-7-17-13/h3-10H,1-2H3,(H,20,22)/b18-10-. The number of hydrogen-bond donors (Lipinski definition) is 1. The Hall–Kier alpha value is -3.02. The van der Waals surface area contributed by atoms with Crippen molar-refractivity contribution in [2.24, 2.45) is 5.10 Å². The molecule has 110 valence electrons. The first kappa shape index (κ1) is 13.9. The van der Waals surface area contributed by atoms with Gasteiger partial charge in [0.05, 0.1) is 17.6 Å². The minimum atomic E-state index is -0.305. The van der Waals surface area contributed by atoms with Crippen molar-refractivity contribution in [2.45, 2.75) is 13.8 Å². The minimum Gasteiger partial charge on any atom is -0.295 e. The summed E-state index contributed by atoms with van der Waals surface area (Å²) in [6, 6.07) is 9.34. The Bertz CT molecular complexity index is 852. The van der Waals surface area contributed by atoms with Crippen molar-refractivity contribution in [3.8, 4) is 0 Å². The van der Waals surface area contributed by atoms with Gasteiger partial charge in [0.1, 0.15) is 11.3 Å². The van der Waals surface area contributed by atoms with Crippen LogP contribution in [0.1, 0.15) is 27.4 Å². The highest BCUT2D eigenvalue weighted by Crippen LogP contribution is 2.13. The van der Waals surface area contributed by atoms with Gasteiger partial charge in [-0.15, -0.1) is 0 Å². The molecule has 0 fully saturated rings. The number of aromatic nitrogens is 3. The van der Waals surface area contributed by atoms with E-state index in [0.29, 0.717) is 17.1 Å². The predicted octanol–water partition coefficient (Wildman–Crippen LogP) is 2.11. The number of imidazole rings is 1. The molecule has 1 N–H and O–H groups in total. The van der Waals surface area contributed by atoms with Gasteiger partial charge in [-0.3, -0.25) is 14.2 Å². The molecule has 0 saturated carbocycles. The largest absolute Gasteiger partial charge is 0.295 e. The Morgan fingerprint density at radius 3 is 2.95 bits per heavy atom. The van der Waals surface area contributed by atoms with Crippen molar-refractivity contribution in [1.29, 1.82) is 0 Å². The highest BCUT2D eigenvalue weighted by Gasteiger charge is 2.15. The number of fused-ring (bicyclic) bond motifs is 1. The van der Waals surface area contributed by atoms with Crippen LogP contribution in [0.2, 0.25) is 0 Å². The number of carbonyl (C=O) groups excluding carboxylic acids is 1. The quantitative estimate of drug-likeness (QED) is 0.594. The molecular weight excluding hydrogens is 278 g/mol. The maximum atomic E-state index is 12.3. The summed E-state index contributed by atoms with van der Waals surface area (Å²) in [5.74, 6) is -0.305. The van der Waals surface area contributed by atoms with Crippen molar-refractivity contribution in [3.63, 3.8) is 0 Å². The number of nitrogens with one attached hydrogen (secondary N) is 1. The molecule has 0 spiro atoms. The molecule has 3 aromatic heterocycles. The molecule has 0 aliphatic heterocycles. The highest BCUT2D eigenvalue weighted by molar-refractivity contribution is 5.95. The monoisotopic (exact) mass is 293 g/mol. The second-order valence-corrected chi connectivity index (χ2v) is 4.93. The lowest BCUT2D eigenvalue weighted by atomic mass is 10.3. The number of aryl methyl sites for hydroxylation is 2. The van der Waals surface area contributed by atoms with Gasteiger partial charge in [0.15, 0.2) is 0 Å². The third-order valence-electron chi connectivity index (χ3n) is 3.22. The molecule has 3 aromatic rings. The lowest BCUT2D eigenvalue weighted by Gasteiger charge is -2.02. The summed E-state index contributed by atoms with van der Waals surface area (Å²) < 4.78 is 1.76. The van der Waals surface area contributed by atoms with E-state index < -0.39 is 0 Å². The van der Waals surface area contributed by atoms with Crippen LogP contribution in [0.15, 0.2) is 47.8 Å². The Morgan fingerprint density at radius 2 is 2.18 bits per heavy atom. The van der Waals surface area contributed by atoms with E-state index in [-0.39, 0.29) is 5.91 Å². The van der Waals surface area contributed by atoms with Crippen LogP contribution in [0.5, 0.6) is 0 Å². The van der Waals surface area contributed by atoms with E-state index in [2.05, 4.69) is 20.5 Å². The number of hydrogen-bond acceptors (Lipinski definition) is 4. The van der Waals surface area contributed by atoms with Gasteiger partial charge in [0, 0.05) is 12.4 Å². The number of amides is 1. The summed E-state index contributed by atoms with van der Waals surface area (Å²) in [6.07, 6.45) is 5.00. The third-order valence-corrected chi connectivity index (χ3v) is 3.22. The summed E-state index contributed by atoms with van der Waals surface area (Å²) in [6.45, 7) is 3.79. The van der Waals surface area contributed by atoms with Crippen LogP contribution < -0.4 is 5.43 Å². The molecule has 3 rings (SSSR count). The fraction of sp³-hybridized carbons (Fsp3) is 0.125. The van der Waals surface area contributed by atoms with Crippen molar-refractivity contribution < 1.29 is 4.79 Å². The molecule has 0 aliphatic rings. The second kappa shape index (κ2) is 5.77. The van der Waals surface area contributed by atoms with E-state index in [9.17, 15) is 4.79 Å². The molecule has 0 saturated heterocycles. The summed E-state index contributed by atoms with van der Waals surface area (Å²) in [5.41, 5.74) is 6.17. The molecule has 0 atom stereocenters. The van der Waals surface area contributed by atoms with Crippen LogP contribution in [0.25, 0.3) is 5.65 Å². The van der Waals surface area contributed by atoms with Crippen LogP contribution in [0.4, 0.5) is 0 Å². The predicted molar refractivity (Wildman–Crippen MR) is 84.0 cm³/mol. The van der Waals surface area contributed by atoms with Crippen LogP contribution in [0, 0.1) is 13.8 Å². The molecule has 6 nitrogen and oxygen atoms in total. The van der Waals surface area contributed by atoms with Crippen molar-refractivity contribution in [3.05, 3.63) is 65.4 Å². The minimum absolute atomic E-state index is 0.305. The molecule has 0 aliphatic carbocycles. The Balaban J connectivity index is 1.83. The lowest BCUT2D eigenvalue weighted by Crippen LogP contribution is -2.20. The lowest BCUT2D eigenvalue weighted by molar-refractivity contribution is 0.0948. The van der Waals surface area contributed by atoms with E-state index in [0.717, 1.165) is 11.2 Å². The topological polar surface area (TPSA) is 71.7 Å². The SMILES string of the molecule is Cc1ccn2c(C(=O)N/N=C\c3ccccn3)c(C)nc2c1. The van der Waals surface area contributed by atoms with E-state index in [1.54, 1.807) is 23.6 Å². The highest BCUT2D eigenvalue weighted by atomic mass is 16.2. The molecule has 0 radical (unpaired) electrons. The number of pyridine rings is 2. The van der Waals surface area contributed by atoms with Crippen LogP contribution >= 0.6 is 0 Å². The van der Waals surface area contributed by atoms with E-state index in [4.69, 9.17) is 0 Å². The summed E-state index contributed by atoms with van der Waals surface area (Å²) in [5, 5.41) is 3.93. The molecule has 22 heavy (non-hydrogen) atoms. The zero-order chi connectivity index (χ0) is 15.5. The van der Waals surface area contributed by atoms with Crippen LogP contribution in [-0.4, -0.2) is 26.5 Å². The van der Waals surface area contributed by atoms with E-state index in [1.165, 1.54) is 6.21 Å². The summed E-state index contributed by atoms with van der Waals surface area (Å²) in [4.78, 5) is 20.8. The molecule has 3 heterocycles. The van der Waals surface area contributed by atoms with Crippen LogP contribution in [-0.2, 0) is 0 Å². The zero-order valence-corrected chi connectivity index (χ0v) is 12.3. The van der Waals surface area contributed by atoms with Crippen molar-refractivity contribution >= 4 is 17.8 Å². The van der Waals surface area contributed by atoms with Crippen LogP contribution in [0.3, 0.4) is 0 Å². The number of carbonyl (C=O) groups is 1. The van der Waals surface area contributed by atoms with Gasteiger partial charge in [-0.05, 0) is 43.7 Å². The average molecular weight is 293 g/mol. The second-order valence-electron chi connectivity index (χ2n) is 4.93. The molecular formula is C16H15N5O. The fourth-order valence-electron chi connectivity index (χ4n) is 2.20. The van der Waals surface area contributed by atoms with Gasteiger partial charge in [-0.2, -0.15) is 5.10 Å².